The summed E-state index contributed by atoms with van der Waals surface area (Å²) in [5, 5.41) is 13.3. The molecule has 4 heterocycles. The van der Waals surface area contributed by atoms with Crippen molar-refractivity contribution >= 4 is 27.6 Å². The van der Waals surface area contributed by atoms with Crippen LogP contribution in [0.5, 0.6) is 0 Å². The third-order valence-electron chi connectivity index (χ3n) is 7.01. The van der Waals surface area contributed by atoms with Crippen molar-refractivity contribution in [2.24, 2.45) is 0 Å². The maximum Gasteiger partial charge on any atom is 0.261 e. The second kappa shape index (κ2) is 8.50. The third kappa shape index (κ3) is 3.76. The van der Waals surface area contributed by atoms with Gasteiger partial charge in [0.15, 0.2) is 0 Å². The summed E-state index contributed by atoms with van der Waals surface area (Å²) in [6.45, 7) is 0.746. The number of fused-ring (bicyclic) bond motifs is 2. The fourth-order valence-corrected chi connectivity index (χ4v) is 5.15. The highest BCUT2D eigenvalue weighted by Crippen LogP contribution is 2.44. The zero-order valence-electron chi connectivity index (χ0n) is 18.9. The molecule has 1 aliphatic heterocycles. The minimum absolute atomic E-state index is 0.169. The summed E-state index contributed by atoms with van der Waals surface area (Å²) in [6, 6.07) is 6.09. The number of anilines is 1. The van der Waals surface area contributed by atoms with Gasteiger partial charge in [0.05, 0.1) is 28.8 Å². The Bertz CT molecular complexity index is 1520. The Balaban J connectivity index is 1.53. The fraction of sp³-hybridized carbons (Fsp3) is 0.400. The number of aromatic amines is 3. The van der Waals surface area contributed by atoms with Crippen molar-refractivity contribution in [3.05, 3.63) is 45.5 Å². The molecule has 1 aromatic carbocycles. The first-order valence-corrected chi connectivity index (χ1v) is 11.8. The number of benzene rings is 1. The number of nitrogens with zero attached hydrogens (tertiary/aromatic N) is 2. The highest BCUT2D eigenvalue weighted by atomic mass is 19.3. The second-order valence-corrected chi connectivity index (χ2v) is 9.25. The molecule has 2 fully saturated rings. The zero-order chi connectivity index (χ0) is 24.1. The van der Waals surface area contributed by atoms with Crippen LogP contribution in [0.15, 0.2) is 23.1 Å². The van der Waals surface area contributed by atoms with E-state index >= 15 is 0 Å². The van der Waals surface area contributed by atoms with Crippen molar-refractivity contribution in [1.29, 1.82) is 5.26 Å². The Hall–Kier alpha value is -3.71. The molecule has 10 heteroatoms. The molecule has 0 bridgehead atoms. The number of hydrogen-bond acceptors (Lipinski definition) is 5. The van der Waals surface area contributed by atoms with Gasteiger partial charge < -0.3 is 25.0 Å². The number of imidazole rings is 1. The van der Waals surface area contributed by atoms with Gasteiger partial charge in [-0.15, -0.1) is 0 Å². The lowest BCUT2D eigenvalue weighted by Crippen LogP contribution is -2.17. The van der Waals surface area contributed by atoms with Gasteiger partial charge in [-0.05, 0) is 43.2 Å². The van der Waals surface area contributed by atoms with Crippen LogP contribution in [0.1, 0.15) is 54.3 Å². The Morgan fingerprint density at radius 1 is 1.17 bits per heavy atom. The SMILES string of the molecule is N#Cc1c(C2CC2)[nH]c2c(-c3nc4c(NCC(F)F)c(C5CCOCC5)ccc4[nH]3)c(=O)[nH]cc12. The lowest BCUT2D eigenvalue weighted by molar-refractivity contribution is 0.0854. The molecular weight excluding hydrogens is 454 g/mol. The van der Waals surface area contributed by atoms with Gasteiger partial charge in [0.1, 0.15) is 23.0 Å². The van der Waals surface area contributed by atoms with E-state index in [0.717, 1.165) is 36.9 Å². The highest BCUT2D eigenvalue weighted by molar-refractivity contribution is 5.99. The molecule has 35 heavy (non-hydrogen) atoms. The van der Waals surface area contributed by atoms with E-state index in [1.807, 2.05) is 12.1 Å². The smallest absolute Gasteiger partial charge is 0.261 e. The van der Waals surface area contributed by atoms with Crippen LogP contribution in [0.4, 0.5) is 14.5 Å². The number of ether oxygens (including phenoxy) is 1. The summed E-state index contributed by atoms with van der Waals surface area (Å²) in [4.78, 5) is 27.0. The van der Waals surface area contributed by atoms with Crippen LogP contribution in [-0.4, -0.2) is 46.1 Å². The Kier molecular flexibility index (Phi) is 5.29. The van der Waals surface area contributed by atoms with Gasteiger partial charge in [-0.2, -0.15) is 5.26 Å². The number of hydrogen-bond donors (Lipinski definition) is 4. The summed E-state index contributed by atoms with van der Waals surface area (Å²) in [7, 11) is 0. The molecule has 3 aromatic heterocycles. The molecule has 1 saturated heterocycles. The second-order valence-electron chi connectivity index (χ2n) is 9.25. The Morgan fingerprint density at radius 3 is 2.69 bits per heavy atom. The molecule has 4 N–H and O–H groups in total. The number of H-pyrrole nitrogens is 3. The van der Waals surface area contributed by atoms with Gasteiger partial charge >= 0.3 is 0 Å². The summed E-state index contributed by atoms with van der Waals surface area (Å²) >= 11 is 0. The van der Waals surface area contributed by atoms with E-state index < -0.39 is 13.0 Å². The van der Waals surface area contributed by atoms with Gasteiger partial charge in [-0.1, -0.05) is 6.07 Å². The van der Waals surface area contributed by atoms with Crippen LogP contribution in [0.3, 0.4) is 0 Å². The van der Waals surface area contributed by atoms with Crippen LogP contribution >= 0.6 is 0 Å². The number of aromatic nitrogens is 4. The van der Waals surface area contributed by atoms with Crippen LogP contribution < -0.4 is 10.9 Å². The third-order valence-corrected chi connectivity index (χ3v) is 7.01. The minimum atomic E-state index is -2.52. The molecule has 4 aromatic rings. The molecule has 0 radical (unpaired) electrons. The summed E-state index contributed by atoms with van der Waals surface area (Å²) in [5.74, 6) is 0.787. The van der Waals surface area contributed by atoms with Crippen molar-refractivity contribution in [3.63, 3.8) is 0 Å². The molecule has 180 valence electrons. The molecule has 0 spiro atoms. The predicted molar refractivity (Wildman–Crippen MR) is 128 cm³/mol. The van der Waals surface area contributed by atoms with Crippen LogP contribution in [0.2, 0.25) is 0 Å². The lowest BCUT2D eigenvalue weighted by Gasteiger charge is -2.25. The largest absolute Gasteiger partial charge is 0.381 e. The first-order chi connectivity index (χ1) is 17.0. The summed E-state index contributed by atoms with van der Waals surface area (Å²) < 4.78 is 31.8. The van der Waals surface area contributed by atoms with E-state index in [1.54, 1.807) is 6.20 Å². The molecule has 1 saturated carbocycles. The van der Waals surface area contributed by atoms with E-state index in [2.05, 4.69) is 26.3 Å². The monoisotopic (exact) mass is 478 g/mol. The Labute approximate surface area is 198 Å². The Morgan fingerprint density at radius 2 is 1.97 bits per heavy atom. The normalized spacial score (nSPS) is 16.9. The fourth-order valence-electron chi connectivity index (χ4n) is 5.15. The van der Waals surface area contributed by atoms with Gasteiger partial charge in [0.25, 0.3) is 12.0 Å². The van der Waals surface area contributed by atoms with Gasteiger partial charge in [0.2, 0.25) is 0 Å². The number of pyridine rings is 1. The minimum Gasteiger partial charge on any atom is -0.381 e. The van der Waals surface area contributed by atoms with Gasteiger partial charge in [-0.3, -0.25) is 4.79 Å². The maximum atomic E-state index is 13.1. The number of alkyl halides is 2. The van der Waals surface area contributed by atoms with Crippen LogP contribution in [0, 0.1) is 11.3 Å². The number of nitrogens with one attached hydrogen (secondary N) is 4. The van der Waals surface area contributed by atoms with Crippen molar-refractivity contribution in [1.82, 2.24) is 19.9 Å². The predicted octanol–water partition coefficient (Wildman–Crippen LogP) is 4.72. The molecule has 1 aliphatic carbocycles. The van der Waals surface area contributed by atoms with Gasteiger partial charge in [0, 0.05) is 36.4 Å². The van der Waals surface area contributed by atoms with E-state index in [4.69, 9.17) is 9.72 Å². The van der Waals surface area contributed by atoms with Crippen molar-refractivity contribution in [2.75, 3.05) is 25.1 Å². The standard InChI is InChI=1S/C25H24F2N6O2/c26-18(27)11-29-22-14(12-5-7-35-8-6-12)3-4-17-23(22)33-24(31-17)19-21-16(10-30-25(19)34)15(9-28)20(32-21)13-1-2-13/h3-4,10,12-13,18,29,32H,1-2,5-8,11H2,(H,30,34)(H,31,33). The van der Waals surface area contributed by atoms with Crippen LogP contribution in [0.25, 0.3) is 33.3 Å². The molecule has 2 aliphatic rings. The first kappa shape index (κ1) is 21.8. The molecule has 0 unspecified atom stereocenters. The average Bonchev–Trinajstić information content (AvgIpc) is 3.51. The van der Waals surface area contributed by atoms with E-state index in [9.17, 15) is 18.8 Å². The molecule has 8 nitrogen and oxygen atoms in total. The number of nitriles is 1. The van der Waals surface area contributed by atoms with Crippen molar-refractivity contribution in [2.45, 2.75) is 43.9 Å². The van der Waals surface area contributed by atoms with Crippen molar-refractivity contribution in [3.8, 4) is 17.5 Å². The molecule has 6 rings (SSSR count). The molecular formula is C25H24F2N6O2. The lowest BCUT2D eigenvalue weighted by atomic mass is 9.90. The van der Waals surface area contributed by atoms with E-state index in [-0.39, 0.29) is 11.5 Å². The topological polar surface area (TPSA) is 122 Å². The molecule has 0 atom stereocenters. The van der Waals surface area contributed by atoms with E-state index in [1.165, 1.54) is 0 Å². The van der Waals surface area contributed by atoms with Gasteiger partial charge in [-0.25, -0.2) is 13.8 Å². The van der Waals surface area contributed by atoms with E-state index in [0.29, 0.717) is 63.7 Å². The average molecular weight is 479 g/mol. The first-order valence-electron chi connectivity index (χ1n) is 11.8. The number of rotatable bonds is 6. The summed E-state index contributed by atoms with van der Waals surface area (Å²) in [6.07, 6.45) is 2.65. The summed E-state index contributed by atoms with van der Waals surface area (Å²) in [5.41, 5.74) is 4.52. The maximum absolute atomic E-state index is 13.1. The van der Waals surface area contributed by atoms with Crippen LogP contribution in [-0.2, 0) is 4.74 Å². The quantitative estimate of drug-likeness (QED) is 0.319. The molecule has 0 amide bonds. The zero-order valence-corrected chi connectivity index (χ0v) is 18.9. The number of halogens is 2. The van der Waals surface area contributed by atoms with Crippen molar-refractivity contribution < 1.29 is 13.5 Å². The highest BCUT2D eigenvalue weighted by Gasteiger charge is 2.31.